The Bertz CT molecular complexity index is 522. The second-order valence-electron chi connectivity index (χ2n) is 4.65. The van der Waals surface area contributed by atoms with Crippen LogP contribution in [-0.4, -0.2) is 41.8 Å². The Morgan fingerprint density at radius 2 is 2.42 bits per heavy atom. The third kappa shape index (κ3) is 3.11. The molecule has 1 aromatic rings. The highest BCUT2D eigenvalue weighted by atomic mass is 16.5. The molecule has 1 atom stereocenters. The average Bonchev–Trinajstić information content (AvgIpc) is 2.41. The number of morpholine rings is 1. The van der Waals surface area contributed by atoms with Crippen molar-refractivity contribution in [2.45, 2.75) is 19.5 Å². The minimum atomic E-state index is -0.856. The maximum absolute atomic E-state index is 11.2. The van der Waals surface area contributed by atoms with E-state index in [9.17, 15) is 9.90 Å². The first kappa shape index (κ1) is 13.5. The normalized spacial score (nSPS) is 19.9. The summed E-state index contributed by atoms with van der Waals surface area (Å²) in [5, 5.41) is 18.0. The van der Waals surface area contributed by atoms with Crippen LogP contribution in [0.2, 0.25) is 0 Å². The van der Waals surface area contributed by atoms with Crippen LogP contribution in [0.1, 0.15) is 16.7 Å². The van der Waals surface area contributed by atoms with Gasteiger partial charge in [-0.2, -0.15) is 5.26 Å². The van der Waals surface area contributed by atoms with E-state index in [0.29, 0.717) is 25.3 Å². The summed E-state index contributed by atoms with van der Waals surface area (Å²) in [6, 6.07) is 6.98. The second kappa shape index (κ2) is 5.83. The van der Waals surface area contributed by atoms with Crippen molar-refractivity contribution in [1.29, 1.82) is 5.26 Å². The summed E-state index contributed by atoms with van der Waals surface area (Å²) in [4.78, 5) is 13.1. The Balaban J connectivity index is 2.15. The van der Waals surface area contributed by atoms with Gasteiger partial charge in [0.05, 0.1) is 24.8 Å². The summed E-state index contributed by atoms with van der Waals surface area (Å²) in [5.41, 5.74) is 2.68. The van der Waals surface area contributed by atoms with Crippen molar-refractivity contribution in [2.24, 2.45) is 0 Å². The Hall–Kier alpha value is -1.90. The number of carbonyl (C=O) groups is 1. The molecule has 5 heteroatoms. The molecule has 2 rings (SSSR count). The van der Waals surface area contributed by atoms with Crippen LogP contribution in [-0.2, 0) is 16.1 Å². The molecular formula is C14H16N2O3. The lowest BCUT2D eigenvalue weighted by atomic mass is 10.0. The predicted octanol–water partition coefficient (Wildman–Crippen LogP) is 1.15. The van der Waals surface area contributed by atoms with E-state index in [0.717, 1.165) is 11.1 Å². The third-order valence-electron chi connectivity index (χ3n) is 3.37. The highest BCUT2D eigenvalue weighted by Crippen LogP contribution is 2.17. The topological polar surface area (TPSA) is 73.6 Å². The average molecular weight is 260 g/mol. The number of nitriles is 1. The van der Waals surface area contributed by atoms with Crippen molar-refractivity contribution in [3.63, 3.8) is 0 Å². The molecule has 0 amide bonds. The first-order valence-corrected chi connectivity index (χ1v) is 6.16. The summed E-state index contributed by atoms with van der Waals surface area (Å²) in [6.07, 6.45) is 0. The minimum absolute atomic E-state index is 0.227. The zero-order chi connectivity index (χ0) is 13.8. The molecule has 0 saturated carbocycles. The van der Waals surface area contributed by atoms with E-state index in [-0.39, 0.29) is 6.61 Å². The molecule has 1 N–H and O–H groups in total. The zero-order valence-electron chi connectivity index (χ0n) is 10.8. The van der Waals surface area contributed by atoms with Gasteiger partial charge in [0.2, 0.25) is 0 Å². The van der Waals surface area contributed by atoms with Gasteiger partial charge in [0.15, 0.2) is 0 Å². The number of nitrogens with zero attached hydrogens (tertiary/aromatic N) is 2. The fraction of sp³-hybridized carbons (Fsp3) is 0.429. The number of hydrogen-bond donors (Lipinski definition) is 1. The van der Waals surface area contributed by atoms with Crippen LogP contribution >= 0.6 is 0 Å². The van der Waals surface area contributed by atoms with E-state index in [4.69, 9.17) is 10.00 Å². The Labute approximate surface area is 112 Å². The molecule has 19 heavy (non-hydrogen) atoms. The van der Waals surface area contributed by atoms with E-state index in [1.54, 1.807) is 6.07 Å². The van der Waals surface area contributed by atoms with E-state index in [2.05, 4.69) is 6.07 Å². The lowest BCUT2D eigenvalue weighted by molar-refractivity contribution is -0.150. The third-order valence-corrected chi connectivity index (χ3v) is 3.37. The molecule has 0 radical (unpaired) electrons. The van der Waals surface area contributed by atoms with Gasteiger partial charge in [-0.3, -0.25) is 9.69 Å². The van der Waals surface area contributed by atoms with Gasteiger partial charge >= 0.3 is 5.97 Å². The van der Waals surface area contributed by atoms with Crippen LogP contribution in [0.15, 0.2) is 18.2 Å². The molecule has 1 aliphatic rings. The van der Waals surface area contributed by atoms with E-state index >= 15 is 0 Å². The molecule has 0 spiro atoms. The van der Waals surface area contributed by atoms with E-state index < -0.39 is 12.0 Å². The zero-order valence-corrected chi connectivity index (χ0v) is 10.8. The summed E-state index contributed by atoms with van der Waals surface area (Å²) in [7, 11) is 0. The fourth-order valence-corrected chi connectivity index (χ4v) is 2.22. The number of carboxylic acids is 1. The highest BCUT2D eigenvalue weighted by molar-refractivity contribution is 5.73. The maximum atomic E-state index is 11.2. The van der Waals surface area contributed by atoms with Crippen LogP contribution in [0.25, 0.3) is 0 Å². The van der Waals surface area contributed by atoms with Gasteiger partial charge in [-0.25, -0.2) is 0 Å². The molecule has 1 fully saturated rings. The fourth-order valence-electron chi connectivity index (χ4n) is 2.22. The predicted molar refractivity (Wildman–Crippen MR) is 68.5 cm³/mol. The van der Waals surface area contributed by atoms with E-state index in [1.165, 1.54) is 0 Å². The number of rotatable bonds is 3. The maximum Gasteiger partial charge on any atom is 0.323 e. The number of ether oxygens (including phenoxy) is 1. The molecular weight excluding hydrogens is 244 g/mol. The molecule has 1 heterocycles. The molecule has 1 unspecified atom stereocenters. The van der Waals surface area contributed by atoms with Gasteiger partial charge in [-0.1, -0.05) is 6.07 Å². The Morgan fingerprint density at radius 3 is 3.05 bits per heavy atom. The van der Waals surface area contributed by atoms with Crippen LogP contribution < -0.4 is 0 Å². The molecule has 1 saturated heterocycles. The Kier molecular flexibility index (Phi) is 4.15. The highest BCUT2D eigenvalue weighted by Gasteiger charge is 2.29. The van der Waals surface area contributed by atoms with Gasteiger partial charge in [0.25, 0.3) is 0 Å². The lowest BCUT2D eigenvalue weighted by Gasteiger charge is -2.33. The number of aliphatic carboxylic acids is 1. The van der Waals surface area contributed by atoms with Gasteiger partial charge in [0.1, 0.15) is 6.04 Å². The largest absolute Gasteiger partial charge is 0.480 e. The van der Waals surface area contributed by atoms with Crippen LogP contribution in [0, 0.1) is 18.3 Å². The molecule has 1 aliphatic heterocycles. The van der Waals surface area contributed by atoms with Crippen LogP contribution in [0.3, 0.4) is 0 Å². The second-order valence-corrected chi connectivity index (χ2v) is 4.65. The minimum Gasteiger partial charge on any atom is -0.480 e. The summed E-state index contributed by atoms with van der Waals surface area (Å²) >= 11 is 0. The molecule has 0 aromatic heterocycles. The number of hydrogen-bond acceptors (Lipinski definition) is 4. The first-order valence-electron chi connectivity index (χ1n) is 6.16. The van der Waals surface area contributed by atoms with Crippen LogP contribution in [0.4, 0.5) is 0 Å². The summed E-state index contributed by atoms with van der Waals surface area (Å²) in [6.45, 7) is 3.89. The standard InChI is InChI=1S/C14H16N2O3/c1-10-6-11(7-15)2-3-12(10)8-16-4-5-19-9-13(16)14(17)18/h2-3,6,13H,4-5,8-9H2,1H3,(H,17,18). The van der Waals surface area contributed by atoms with Gasteiger partial charge in [-0.05, 0) is 30.2 Å². The molecule has 5 nitrogen and oxygen atoms in total. The Morgan fingerprint density at radius 1 is 1.63 bits per heavy atom. The number of benzene rings is 1. The van der Waals surface area contributed by atoms with E-state index in [1.807, 2.05) is 24.0 Å². The van der Waals surface area contributed by atoms with Gasteiger partial charge in [0, 0.05) is 13.1 Å². The van der Waals surface area contributed by atoms with Crippen molar-refractivity contribution in [1.82, 2.24) is 4.90 Å². The van der Waals surface area contributed by atoms with Crippen molar-refractivity contribution >= 4 is 5.97 Å². The van der Waals surface area contributed by atoms with Gasteiger partial charge in [-0.15, -0.1) is 0 Å². The number of carboxylic acid groups (broad SMARTS) is 1. The molecule has 1 aromatic carbocycles. The smallest absolute Gasteiger partial charge is 0.323 e. The van der Waals surface area contributed by atoms with Crippen molar-refractivity contribution in [2.75, 3.05) is 19.8 Å². The van der Waals surface area contributed by atoms with Crippen molar-refractivity contribution in [3.8, 4) is 6.07 Å². The number of aryl methyl sites for hydroxylation is 1. The first-order chi connectivity index (χ1) is 9.11. The summed E-state index contributed by atoms with van der Waals surface area (Å²) < 4.78 is 5.21. The summed E-state index contributed by atoms with van der Waals surface area (Å²) in [5.74, 6) is -0.856. The molecule has 0 aliphatic carbocycles. The quantitative estimate of drug-likeness (QED) is 0.882. The van der Waals surface area contributed by atoms with Crippen molar-refractivity contribution in [3.05, 3.63) is 34.9 Å². The van der Waals surface area contributed by atoms with Gasteiger partial charge < -0.3 is 9.84 Å². The molecule has 0 bridgehead atoms. The van der Waals surface area contributed by atoms with Crippen molar-refractivity contribution < 1.29 is 14.6 Å². The lowest BCUT2D eigenvalue weighted by Crippen LogP contribution is -2.49. The van der Waals surface area contributed by atoms with Crippen LogP contribution in [0.5, 0.6) is 0 Å². The molecule has 100 valence electrons. The monoisotopic (exact) mass is 260 g/mol. The SMILES string of the molecule is Cc1cc(C#N)ccc1CN1CCOCC1C(=O)O.